The number of carbonyl (C=O) groups is 2. The Balaban J connectivity index is 1.62. The molecule has 0 spiro atoms. The molecule has 3 aromatic rings. The molecule has 6 nitrogen and oxygen atoms in total. The van der Waals surface area contributed by atoms with Crippen LogP contribution in [0.1, 0.15) is 41.8 Å². The summed E-state index contributed by atoms with van der Waals surface area (Å²) in [5, 5.41) is 11.2. The minimum absolute atomic E-state index is 0.0474. The number of ether oxygens (including phenoxy) is 2. The molecule has 1 atom stereocenters. The third kappa shape index (κ3) is 7.77. The number of carboxylic acids is 1. The number of carbonyl (C=O) groups excluding carboxylic acids is 1. The first-order chi connectivity index (χ1) is 16.6. The molecule has 3 rings (SSSR count). The van der Waals surface area contributed by atoms with Crippen LogP contribution in [0.25, 0.3) is 11.1 Å². The lowest BCUT2D eigenvalue weighted by atomic mass is 10.0. The summed E-state index contributed by atoms with van der Waals surface area (Å²) in [6, 6.07) is 19.7. The smallest absolute Gasteiger partial charge is 0.486 e. The summed E-state index contributed by atoms with van der Waals surface area (Å²) < 4.78 is 47.0. The zero-order chi connectivity index (χ0) is 25.4. The molecule has 0 aliphatic carbocycles. The van der Waals surface area contributed by atoms with Crippen LogP contribution < -0.4 is 14.8 Å². The van der Waals surface area contributed by atoms with Crippen molar-refractivity contribution in [3.05, 3.63) is 83.9 Å². The Morgan fingerprint density at radius 3 is 1.94 bits per heavy atom. The number of carboxylic acid groups (broad SMARTS) is 1. The van der Waals surface area contributed by atoms with Gasteiger partial charge < -0.3 is 19.9 Å². The lowest BCUT2D eigenvalue weighted by Gasteiger charge is -2.19. The highest BCUT2D eigenvalue weighted by Gasteiger charge is 2.31. The normalized spacial score (nSPS) is 12.0. The fraction of sp³-hybridized carbons (Fsp3) is 0.231. The second-order valence-corrected chi connectivity index (χ2v) is 7.63. The van der Waals surface area contributed by atoms with Gasteiger partial charge in [0, 0.05) is 12.1 Å². The van der Waals surface area contributed by atoms with Crippen LogP contribution in [-0.4, -0.2) is 29.9 Å². The number of alkyl halides is 3. The van der Waals surface area contributed by atoms with E-state index in [2.05, 4.69) is 10.1 Å². The largest absolute Gasteiger partial charge is 0.573 e. The summed E-state index contributed by atoms with van der Waals surface area (Å²) in [5.74, 6) is -1.05. The first-order valence-corrected chi connectivity index (χ1v) is 10.9. The average molecular weight is 487 g/mol. The lowest BCUT2D eigenvalue weighted by Crippen LogP contribution is -2.25. The fourth-order valence-electron chi connectivity index (χ4n) is 3.36. The number of rotatable bonds is 10. The van der Waals surface area contributed by atoms with E-state index in [1.807, 2.05) is 31.2 Å². The van der Waals surface area contributed by atoms with E-state index in [1.54, 1.807) is 36.4 Å². The van der Waals surface area contributed by atoms with Gasteiger partial charge in [-0.3, -0.25) is 9.59 Å². The predicted molar refractivity (Wildman–Crippen MR) is 123 cm³/mol. The van der Waals surface area contributed by atoms with Crippen molar-refractivity contribution in [1.82, 2.24) is 5.32 Å². The SMILES string of the molecule is CC[C@@H](Oc1ccc(C(=O)NCCC(=O)O)cc1)c1ccc(-c2ccc(OC(F)(F)F)cc2)cc1. The van der Waals surface area contributed by atoms with Crippen LogP contribution in [-0.2, 0) is 4.79 Å². The number of hydrogen-bond acceptors (Lipinski definition) is 4. The van der Waals surface area contributed by atoms with Gasteiger partial charge in [0.15, 0.2) is 0 Å². The second kappa shape index (κ2) is 11.4. The maximum Gasteiger partial charge on any atom is 0.573 e. The van der Waals surface area contributed by atoms with E-state index >= 15 is 0 Å². The Hall–Kier alpha value is -4.01. The maximum absolute atomic E-state index is 12.3. The van der Waals surface area contributed by atoms with Gasteiger partial charge in [0.2, 0.25) is 0 Å². The van der Waals surface area contributed by atoms with Crippen molar-refractivity contribution in [2.75, 3.05) is 6.54 Å². The Bertz CT molecular complexity index is 1130. The number of amides is 1. The number of halogens is 3. The average Bonchev–Trinajstić information content (AvgIpc) is 2.82. The van der Waals surface area contributed by atoms with Gasteiger partial charge >= 0.3 is 12.3 Å². The Morgan fingerprint density at radius 2 is 1.43 bits per heavy atom. The van der Waals surface area contributed by atoms with Crippen molar-refractivity contribution in [3.8, 4) is 22.6 Å². The summed E-state index contributed by atoms with van der Waals surface area (Å²) in [6.07, 6.45) is -4.45. The van der Waals surface area contributed by atoms with Gasteiger partial charge in [-0.2, -0.15) is 0 Å². The molecule has 0 unspecified atom stereocenters. The molecule has 0 aliphatic rings. The minimum Gasteiger partial charge on any atom is -0.486 e. The second-order valence-electron chi connectivity index (χ2n) is 7.63. The molecule has 9 heteroatoms. The fourth-order valence-corrected chi connectivity index (χ4v) is 3.36. The Kier molecular flexibility index (Phi) is 8.35. The highest BCUT2D eigenvalue weighted by Crippen LogP contribution is 2.29. The van der Waals surface area contributed by atoms with Gasteiger partial charge in [-0.25, -0.2) is 0 Å². The number of benzene rings is 3. The third-order valence-electron chi connectivity index (χ3n) is 5.09. The molecule has 0 saturated heterocycles. The first kappa shape index (κ1) is 25.6. The molecule has 2 N–H and O–H groups in total. The van der Waals surface area contributed by atoms with E-state index in [-0.39, 0.29) is 30.7 Å². The van der Waals surface area contributed by atoms with Crippen LogP contribution >= 0.6 is 0 Å². The van der Waals surface area contributed by atoms with E-state index in [1.165, 1.54) is 12.1 Å². The molecular weight excluding hydrogens is 463 g/mol. The highest BCUT2D eigenvalue weighted by molar-refractivity contribution is 5.94. The van der Waals surface area contributed by atoms with Crippen LogP contribution in [0.5, 0.6) is 11.5 Å². The molecule has 1 amide bonds. The molecule has 0 aliphatic heterocycles. The molecule has 35 heavy (non-hydrogen) atoms. The zero-order valence-corrected chi connectivity index (χ0v) is 18.8. The van der Waals surface area contributed by atoms with Crippen molar-refractivity contribution in [2.24, 2.45) is 0 Å². The van der Waals surface area contributed by atoms with Gasteiger partial charge in [0.1, 0.15) is 17.6 Å². The Morgan fingerprint density at radius 1 is 0.886 bits per heavy atom. The van der Waals surface area contributed by atoms with Crippen molar-refractivity contribution in [2.45, 2.75) is 32.2 Å². The monoisotopic (exact) mass is 487 g/mol. The number of hydrogen-bond donors (Lipinski definition) is 2. The van der Waals surface area contributed by atoms with Gasteiger partial charge in [-0.1, -0.05) is 43.3 Å². The van der Waals surface area contributed by atoms with Gasteiger partial charge in [0.05, 0.1) is 6.42 Å². The van der Waals surface area contributed by atoms with Gasteiger partial charge in [-0.05, 0) is 59.5 Å². The summed E-state index contributed by atoms with van der Waals surface area (Å²) in [6.45, 7) is 2.02. The van der Waals surface area contributed by atoms with Crippen molar-refractivity contribution >= 4 is 11.9 Å². The van der Waals surface area contributed by atoms with Crippen LogP contribution in [0.4, 0.5) is 13.2 Å². The van der Waals surface area contributed by atoms with Crippen LogP contribution in [0.3, 0.4) is 0 Å². The molecule has 184 valence electrons. The molecule has 0 heterocycles. The molecule has 0 fully saturated rings. The van der Waals surface area contributed by atoms with Crippen molar-refractivity contribution in [1.29, 1.82) is 0 Å². The number of aliphatic carboxylic acids is 1. The van der Waals surface area contributed by atoms with E-state index < -0.39 is 12.3 Å². The molecule has 0 aromatic heterocycles. The summed E-state index contributed by atoms with van der Waals surface area (Å²) in [5.41, 5.74) is 2.90. The van der Waals surface area contributed by atoms with E-state index in [0.717, 1.165) is 16.7 Å². The van der Waals surface area contributed by atoms with Gasteiger partial charge in [0.25, 0.3) is 5.91 Å². The van der Waals surface area contributed by atoms with Gasteiger partial charge in [-0.15, -0.1) is 13.2 Å². The standard InChI is InChI=1S/C26H24F3NO5/c1-2-23(34-21-11-9-20(10-12-21)25(33)30-16-15-24(31)32)19-5-3-17(4-6-19)18-7-13-22(14-8-18)35-26(27,28)29/h3-14,23H,2,15-16H2,1H3,(H,30,33)(H,31,32)/t23-/m1/s1. The quantitative estimate of drug-likeness (QED) is 0.367. The summed E-state index contributed by atoms with van der Waals surface area (Å²) >= 11 is 0. The summed E-state index contributed by atoms with van der Waals surface area (Å²) in [4.78, 5) is 22.6. The third-order valence-corrected chi connectivity index (χ3v) is 5.09. The summed E-state index contributed by atoms with van der Waals surface area (Å²) in [7, 11) is 0. The van der Waals surface area contributed by atoms with Crippen molar-refractivity contribution < 1.29 is 37.3 Å². The highest BCUT2D eigenvalue weighted by atomic mass is 19.4. The van der Waals surface area contributed by atoms with Crippen LogP contribution in [0.2, 0.25) is 0 Å². The molecule has 0 bridgehead atoms. The predicted octanol–water partition coefficient (Wildman–Crippen LogP) is 5.99. The Labute approximate surface area is 200 Å². The van der Waals surface area contributed by atoms with E-state index in [4.69, 9.17) is 9.84 Å². The van der Waals surface area contributed by atoms with E-state index in [0.29, 0.717) is 17.7 Å². The maximum atomic E-state index is 12.3. The minimum atomic E-state index is -4.73. The lowest BCUT2D eigenvalue weighted by molar-refractivity contribution is -0.274. The molecule has 0 radical (unpaired) electrons. The van der Waals surface area contributed by atoms with E-state index in [9.17, 15) is 22.8 Å². The molecular formula is C26H24F3NO5. The van der Waals surface area contributed by atoms with Crippen LogP contribution in [0, 0.1) is 0 Å². The number of nitrogens with one attached hydrogen (secondary N) is 1. The zero-order valence-electron chi connectivity index (χ0n) is 18.8. The van der Waals surface area contributed by atoms with Crippen LogP contribution in [0.15, 0.2) is 72.8 Å². The molecule has 0 saturated carbocycles. The first-order valence-electron chi connectivity index (χ1n) is 10.9. The topological polar surface area (TPSA) is 84.9 Å². The molecule has 3 aromatic carbocycles. The van der Waals surface area contributed by atoms with Crippen molar-refractivity contribution in [3.63, 3.8) is 0 Å².